The first-order chi connectivity index (χ1) is 10.5. The lowest BCUT2D eigenvalue weighted by atomic mass is 9.69. The summed E-state index contributed by atoms with van der Waals surface area (Å²) in [6, 6.07) is 0. The number of epoxide rings is 2. The van der Waals surface area contributed by atoms with Crippen LogP contribution in [0.25, 0.3) is 0 Å². The van der Waals surface area contributed by atoms with Crippen molar-refractivity contribution >= 4 is 5.78 Å². The first-order valence-corrected chi connectivity index (χ1v) is 7.07. The molecule has 0 unspecified atom stereocenters. The highest BCUT2D eigenvalue weighted by Crippen LogP contribution is 2.58. The SMILES string of the molecule is [2H]C1([2H])C[C@]2(CO2)[C@@H]([C@]2(C)O[C@@H]2CC=C(C)C)[C@@]([2H])(OC)C1=O. The van der Waals surface area contributed by atoms with Gasteiger partial charge in [-0.1, -0.05) is 11.6 Å². The Morgan fingerprint density at radius 1 is 1.65 bits per heavy atom. The number of carbonyl (C=O) groups excluding carboxylic acids is 1. The molecule has 0 radical (unpaired) electrons. The van der Waals surface area contributed by atoms with Gasteiger partial charge in [0.25, 0.3) is 0 Å². The van der Waals surface area contributed by atoms with Gasteiger partial charge in [0.2, 0.25) is 0 Å². The van der Waals surface area contributed by atoms with Gasteiger partial charge in [-0.15, -0.1) is 0 Å². The Balaban J connectivity index is 1.94. The first-order valence-electron chi connectivity index (χ1n) is 8.57. The number of hydrogen-bond donors (Lipinski definition) is 0. The number of methoxy groups -OCH3 is 1. The summed E-state index contributed by atoms with van der Waals surface area (Å²) < 4.78 is 41.3. The molecule has 0 aromatic heterocycles. The minimum absolute atomic E-state index is 0.0399. The zero-order chi connectivity index (χ0) is 17.3. The zero-order valence-electron chi connectivity index (χ0n) is 15.5. The van der Waals surface area contributed by atoms with Crippen LogP contribution in [0.1, 0.15) is 44.1 Å². The predicted molar refractivity (Wildman–Crippen MR) is 74.5 cm³/mol. The zero-order valence-corrected chi connectivity index (χ0v) is 12.5. The highest BCUT2D eigenvalue weighted by atomic mass is 16.6. The minimum Gasteiger partial charge on any atom is -0.373 e. The molecular weight excluding hydrogens is 256 g/mol. The summed E-state index contributed by atoms with van der Waals surface area (Å²) in [6.45, 7) is 6.23. The lowest BCUT2D eigenvalue weighted by Gasteiger charge is -2.37. The van der Waals surface area contributed by atoms with E-state index < -0.39 is 35.4 Å². The molecule has 1 aliphatic carbocycles. The molecule has 3 aliphatic rings. The molecule has 0 aromatic rings. The molecule has 5 atom stereocenters. The van der Waals surface area contributed by atoms with E-state index in [4.69, 9.17) is 18.3 Å². The third kappa shape index (κ3) is 2.14. The van der Waals surface area contributed by atoms with Crippen LogP contribution in [0.4, 0.5) is 0 Å². The van der Waals surface area contributed by atoms with Crippen LogP contribution in [0.15, 0.2) is 11.6 Å². The summed E-state index contributed by atoms with van der Waals surface area (Å²) in [5.41, 5.74) is -0.379. The van der Waals surface area contributed by atoms with Gasteiger partial charge in [0, 0.05) is 16.2 Å². The van der Waals surface area contributed by atoms with E-state index in [1.54, 1.807) is 0 Å². The van der Waals surface area contributed by atoms with Gasteiger partial charge in [-0.2, -0.15) is 0 Å². The Labute approximate surface area is 124 Å². The van der Waals surface area contributed by atoms with Crippen molar-refractivity contribution < 1.29 is 23.1 Å². The van der Waals surface area contributed by atoms with Crippen LogP contribution < -0.4 is 0 Å². The van der Waals surface area contributed by atoms with Crippen molar-refractivity contribution in [2.75, 3.05) is 13.7 Å². The smallest absolute Gasteiger partial charge is 0.162 e. The highest BCUT2D eigenvalue weighted by Gasteiger charge is 2.71. The van der Waals surface area contributed by atoms with E-state index in [9.17, 15) is 4.79 Å². The Bertz CT molecular complexity index is 568. The van der Waals surface area contributed by atoms with Crippen LogP contribution in [0.2, 0.25) is 0 Å². The predicted octanol–water partition coefficient (Wildman–Crippen LogP) is 2.26. The van der Waals surface area contributed by atoms with Crippen LogP contribution in [-0.4, -0.2) is 42.9 Å². The van der Waals surface area contributed by atoms with Crippen LogP contribution in [0, 0.1) is 5.92 Å². The second-order valence-corrected chi connectivity index (χ2v) is 6.35. The van der Waals surface area contributed by atoms with Crippen LogP contribution in [-0.2, 0) is 19.0 Å². The number of rotatable bonds is 4. The van der Waals surface area contributed by atoms with Crippen LogP contribution in [0.3, 0.4) is 0 Å². The third-order valence-corrected chi connectivity index (χ3v) is 4.59. The van der Waals surface area contributed by atoms with Crippen molar-refractivity contribution in [1.82, 2.24) is 0 Å². The maximum absolute atomic E-state index is 12.6. The maximum atomic E-state index is 12.6. The molecule has 2 aliphatic heterocycles. The van der Waals surface area contributed by atoms with Crippen LogP contribution in [0.5, 0.6) is 0 Å². The Morgan fingerprint density at radius 3 is 2.90 bits per heavy atom. The molecule has 3 rings (SSSR count). The molecule has 4 heteroatoms. The molecule has 112 valence electrons. The lowest BCUT2D eigenvalue weighted by molar-refractivity contribution is -0.142. The maximum Gasteiger partial charge on any atom is 0.162 e. The quantitative estimate of drug-likeness (QED) is 0.586. The lowest BCUT2D eigenvalue weighted by Crippen LogP contribution is -2.52. The summed E-state index contributed by atoms with van der Waals surface area (Å²) in [7, 11) is 1.28. The molecular formula is C16H24O4. The van der Waals surface area contributed by atoms with E-state index >= 15 is 0 Å². The number of hydrogen-bond acceptors (Lipinski definition) is 4. The molecule has 1 spiro atoms. The summed E-state index contributed by atoms with van der Waals surface area (Å²) >= 11 is 0. The third-order valence-electron chi connectivity index (χ3n) is 4.59. The van der Waals surface area contributed by atoms with E-state index in [-0.39, 0.29) is 12.5 Å². The second kappa shape index (κ2) is 4.65. The van der Waals surface area contributed by atoms with Gasteiger partial charge in [0.05, 0.1) is 20.0 Å². The number of ether oxygens (including phenoxy) is 3. The van der Waals surface area contributed by atoms with Crippen molar-refractivity contribution in [2.45, 2.75) is 63.4 Å². The van der Waals surface area contributed by atoms with Crippen molar-refractivity contribution in [3.8, 4) is 0 Å². The van der Waals surface area contributed by atoms with E-state index in [0.717, 1.165) is 0 Å². The largest absolute Gasteiger partial charge is 0.373 e. The monoisotopic (exact) mass is 283 g/mol. The highest BCUT2D eigenvalue weighted by molar-refractivity contribution is 5.85. The van der Waals surface area contributed by atoms with Crippen molar-refractivity contribution in [2.24, 2.45) is 5.92 Å². The average Bonchev–Trinajstić information content (AvgIpc) is 3.33. The first kappa shape index (κ1) is 10.9. The van der Waals surface area contributed by atoms with Crippen molar-refractivity contribution in [3.05, 3.63) is 11.6 Å². The topological polar surface area (TPSA) is 51.4 Å². The van der Waals surface area contributed by atoms with E-state index in [2.05, 4.69) is 6.08 Å². The van der Waals surface area contributed by atoms with E-state index in [1.165, 1.54) is 12.7 Å². The Kier molecular flexibility index (Phi) is 2.54. The van der Waals surface area contributed by atoms with Crippen LogP contribution >= 0.6 is 0 Å². The van der Waals surface area contributed by atoms with Gasteiger partial charge in [-0.05, 0) is 33.6 Å². The molecule has 4 nitrogen and oxygen atoms in total. The molecule has 20 heavy (non-hydrogen) atoms. The van der Waals surface area contributed by atoms with E-state index in [0.29, 0.717) is 13.0 Å². The average molecular weight is 283 g/mol. The summed E-state index contributed by atoms with van der Waals surface area (Å²) in [5.74, 6) is -1.48. The Morgan fingerprint density at radius 2 is 2.35 bits per heavy atom. The number of carbonyl (C=O) groups is 1. The molecule has 0 N–H and O–H groups in total. The fourth-order valence-corrected chi connectivity index (χ4v) is 3.29. The number of ketones is 1. The Hall–Kier alpha value is -0.710. The molecule has 3 fully saturated rings. The fraction of sp³-hybridized carbons (Fsp3) is 0.812. The van der Waals surface area contributed by atoms with E-state index in [1.807, 2.05) is 20.8 Å². The van der Waals surface area contributed by atoms with Gasteiger partial charge < -0.3 is 14.2 Å². The molecule has 0 amide bonds. The normalized spacial score (nSPS) is 54.8. The number of allylic oxidation sites excluding steroid dienone is 1. The fourth-order valence-electron chi connectivity index (χ4n) is 3.29. The molecule has 0 bridgehead atoms. The number of Topliss-reactive ketones (excluding diaryl/α,β-unsaturated/α-hetero) is 1. The van der Waals surface area contributed by atoms with Gasteiger partial charge in [-0.3, -0.25) is 4.79 Å². The molecule has 2 saturated heterocycles. The second-order valence-electron chi connectivity index (χ2n) is 6.35. The van der Waals surface area contributed by atoms with Crippen molar-refractivity contribution in [1.29, 1.82) is 0 Å². The molecule has 0 aromatic carbocycles. The van der Waals surface area contributed by atoms with Gasteiger partial charge in [0.1, 0.15) is 17.3 Å². The minimum atomic E-state index is -2.12. The van der Waals surface area contributed by atoms with Gasteiger partial charge in [0.15, 0.2) is 5.78 Å². The molecule has 2 heterocycles. The molecule has 1 saturated carbocycles. The summed E-state index contributed by atoms with van der Waals surface area (Å²) in [4.78, 5) is 12.6. The van der Waals surface area contributed by atoms with Crippen molar-refractivity contribution in [3.63, 3.8) is 0 Å². The van der Waals surface area contributed by atoms with Gasteiger partial charge in [-0.25, -0.2) is 0 Å². The summed E-state index contributed by atoms with van der Waals surface area (Å²) in [5, 5.41) is 0. The summed E-state index contributed by atoms with van der Waals surface area (Å²) in [6.07, 6.45) is -1.50. The standard InChI is InChI=1S/C16H24O4/c1-10(2)5-6-12-15(3,20-12)14-13(18-4)11(17)7-8-16(14)9-19-16/h5,12-14H,6-9H2,1-4H3/t12-,13+,14-,15-,16+/m1/s1/i7D2,13D. The van der Waals surface area contributed by atoms with Gasteiger partial charge >= 0.3 is 0 Å².